The Kier molecular flexibility index (Phi) is 3.63. The quantitative estimate of drug-likeness (QED) is 0.801. The van der Waals surface area contributed by atoms with E-state index in [1.807, 2.05) is 56.3 Å². The van der Waals surface area contributed by atoms with E-state index in [4.69, 9.17) is 0 Å². The zero-order chi connectivity index (χ0) is 15.7. The second-order valence-corrected chi connectivity index (χ2v) is 5.70. The molecule has 5 heteroatoms. The predicted molar refractivity (Wildman–Crippen MR) is 84.4 cm³/mol. The summed E-state index contributed by atoms with van der Waals surface area (Å²) < 4.78 is 1.66. The fourth-order valence-electron chi connectivity index (χ4n) is 2.62. The minimum absolute atomic E-state index is 0.0293. The van der Waals surface area contributed by atoms with Gasteiger partial charge >= 0.3 is 5.97 Å². The van der Waals surface area contributed by atoms with Gasteiger partial charge in [-0.3, -0.25) is 0 Å². The van der Waals surface area contributed by atoms with E-state index in [1.54, 1.807) is 4.68 Å². The predicted octanol–water partition coefficient (Wildman–Crippen LogP) is 3.32. The van der Waals surface area contributed by atoms with E-state index in [9.17, 15) is 9.90 Å². The largest absolute Gasteiger partial charge is 0.476 e. The van der Waals surface area contributed by atoms with E-state index >= 15 is 0 Å². The summed E-state index contributed by atoms with van der Waals surface area (Å²) in [5.74, 6) is -0.729. The molecule has 0 spiro atoms. The molecule has 0 aliphatic carbocycles. The normalized spacial score (nSPS) is 11.2. The fraction of sp³-hybridized carbons (Fsp3) is 0.235. The third kappa shape index (κ3) is 2.45. The molecule has 1 aromatic heterocycles. The molecule has 3 rings (SSSR count). The van der Waals surface area contributed by atoms with Gasteiger partial charge < -0.3 is 5.11 Å². The van der Waals surface area contributed by atoms with Crippen LogP contribution in [0.25, 0.3) is 16.5 Å². The molecule has 3 aromatic rings. The molecule has 0 fully saturated rings. The zero-order valence-electron chi connectivity index (χ0n) is 12.5. The highest BCUT2D eigenvalue weighted by Gasteiger charge is 2.21. The summed E-state index contributed by atoms with van der Waals surface area (Å²) in [6, 6.07) is 13.9. The van der Waals surface area contributed by atoms with Crippen LogP contribution >= 0.6 is 0 Å². The van der Waals surface area contributed by atoms with Gasteiger partial charge in [0, 0.05) is 5.39 Å². The summed E-state index contributed by atoms with van der Waals surface area (Å²) in [7, 11) is 0. The van der Waals surface area contributed by atoms with Gasteiger partial charge in [-0.1, -0.05) is 55.5 Å². The van der Waals surface area contributed by atoms with Gasteiger partial charge in [0.1, 0.15) is 0 Å². The van der Waals surface area contributed by atoms with Crippen LogP contribution in [0.5, 0.6) is 0 Å². The molecule has 0 saturated carbocycles. The molecule has 0 atom stereocenters. The van der Waals surface area contributed by atoms with Gasteiger partial charge in [0.2, 0.25) is 0 Å². The lowest BCUT2D eigenvalue weighted by Crippen LogP contribution is -2.10. The second kappa shape index (κ2) is 5.60. The van der Waals surface area contributed by atoms with E-state index in [2.05, 4.69) is 10.3 Å². The van der Waals surface area contributed by atoms with E-state index in [-0.39, 0.29) is 5.69 Å². The lowest BCUT2D eigenvalue weighted by atomic mass is 10.0. The Morgan fingerprint density at radius 1 is 1.18 bits per heavy atom. The van der Waals surface area contributed by atoms with Crippen molar-refractivity contribution in [1.29, 1.82) is 0 Å². The Morgan fingerprint density at radius 2 is 1.91 bits per heavy atom. The molecule has 1 N–H and O–H groups in total. The molecule has 2 aromatic carbocycles. The Hall–Kier alpha value is -2.69. The summed E-state index contributed by atoms with van der Waals surface area (Å²) in [5.41, 5.74) is 1.52. The summed E-state index contributed by atoms with van der Waals surface area (Å²) in [4.78, 5) is 11.4. The molecule has 22 heavy (non-hydrogen) atoms. The van der Waals surface area contributed by atoms with E-state index in [1.165, 1.54) is 0 Å². The van der Waals surface area contributed by atoms with Crippen LogP contribution in [0.1, 0.15) is 30.0 Å². The van der Waals surface area contributed by atoms with Crippen LogP contribution in [-0.2, 0) is 6.42 Å². The Morgan fingerprint density at radius 3 is 2.64 bits per heavy atom. The van der Waals surface area contributed by atoms with Gasteiger partial charge in [0.15, 0.2) is 5.69 Å². The first kappa shape index (κ1) is 14.3. The van der Waals surface area contributed by atoms with Crippen molar-refractivity contribution < 1.29 is 9.90 Å². The number of nitrogens with zero attached hydrogens (tertiary/aromatic N) is 3. The van der Waals surface area contributed by atoms with Crippen molar-refractivity contribution in [3.63, 3.8) is 0 Å². The fourth-order valence-corrected chi connectivity index (χ4v) is 2.62. The highest BCUT2D eigenvalue weighted by Crippen LogP contribution is 2.24. The van der Waals surface area contributed by atoms with Crippen molar-refractivity contribution >= 4 is 16.7 Å². The van der Waals surface area contributed by atoms with Crippen LogP contribution in [-0.4, -0.2) is 26.1 Å². The summed E-state index contributed by atoms with van der Waals surface area (Å²) in [6.45, 7) is 4.10. The van der Waals surface area contributed by atoms with Gasteiger partial charge in [0.05, 0.1) is 11.4 Å². The standard InChI is InChI=1S/C17H17N3O2/c1-11(2)10-15-16(17(21)22)18-19-20(15)14-9-5-7-12-6-3-4-8-13(12)14/h3-9,11H,10H2,1-2H3,(H,21,22). The van der Waals surface area contributed by atoms with E-state index in [0.717, 1.165) is 16.5 Å². The number of hydrogen-bond donors (Lipinski definition) is 1. The number of aromatic carboxylic acids is 1. The molecule has 0 amide bonds. The SMILES string of the molecule is CC(C)Cc1c(C(=O)O)nnn1-c1cccc2ccccc12. The topological polar surface area (TPSA) is 68.0 Å². The first-order valence-corrected chi connectivity index (χ1v) is 7.24. The van der Waals surface area contributed by atoms with Crippen molar-refractivity contribution in [3.8, 4) is 5.69 Å². The first-order chi connectivity index (χ1) is 10.6. The van der Waals surface area contributed by atoms with Gasteiger partial charge in [-0.25, -0.2) is 9.48 Å². The number of carbonyl (C=O) groups is 1. The molecule has 0 aliphatic heterocycles. The van der Waals surface area contributed by atoms with Crippen molar-refractivity contribution in [2.75, 3.05) is 0 Å². The number of aromatic nitrogens is 3. The van der Waals surface area contributed by atoms with Crippen LogP contribution < -0.4 is 0 Å². The molecular weight excluding hydrogens is 278 g/mol. The third-order valence-corrected chi connectivity index (χ3v) is 3.56. The van der Waals surface area contributed by atoms with Crippen molar-refractivity contribution in [3.05, 3.63) is 53.9 Å². The van der Waals surface area contributed by atoms with Gasteiger partial charge in [-0.05, 0) is 23.8 Å². The molecule has 1 heterocycles. The third-order valence-electron chi connectivity index (χ3n) is 3.56. The van der Waals surface area contributed by atoms with E-state index < -0.39 is 5.97 Å². The van der Waals surface area contributed by atoms with Crippen LogP contribution in [0.2, 0.25) is 0 Å². The van der Waals surface area contributed by atoms with Crippen LogP contribution in [0.4, 0.5) is 0 Å². The number of benzene rings is 2. The Balaban J connectivity index is 2.24. The van der Waals surface area contributed by atoms with Crippen LogP contribution in [0, 0.1) is 5.92 Å². The maximum Gasteiger partial charge on any atom is 0.358 e. The highest BCUT2D eigenvalue weighted by molar-refractivity contribution is 5.91. The zero-order valence-corrected chi connectivity index (χ0v) is 12.5. The number of carboxylic acids is 1. The number of rotatable bonds is 4. The average Bonchev–Trinajstić information content (AvgIpc) is 2.89. The van der Waals surface area contributed by atoms with E-state index in [0.29, 0.717) is 18.0 Å². The minimum Gasteiger partial charge on any atom is -0.476 e. The molecule has 0 bridgehead atoms. The summed E-state index contributed by atoms with van der Waals surface area (Å²) >= 11 is 0. The molecular formula is C17H17N3O2. The van der Waals surface area contributed by atoms with Crippen molar-refractivity contribution in [1.82, 2.24) is 15.0 Å². The smallest absolute Gasteiger partial charge is 0.358 e. The maximum atomic E-state index is 11.4. The Labute approximate surface area is 128 Å². The lowest BCUT2D eigenvalue weighted by molar-refractivity contribution is 0.0689. The molecule has 0 radical (unpaired) electrons. The number of hydrogen-bond acceptors (Lipinski definition) is 3. The average molecular weight is 295 g/mol. The molecule has 0 aliphatic rings. The first-order valence-electron chi connectivity index (χ1n) is 7.24. The molecule has 0 saturated heterocycles. The van der Waals surface area contributed by atoms with Gasteiger partial charge in [-0.2, -0.15) is 0 Å². The molecule has 5 nitrogen and oxygen atoms in total. The van der Waals surface area contributed by atoms with Crippen LogP contribution in [0.3, 0.4) is 0 Å². The second-order valence-electron chi connectivity index (χ2n) is 5.70. The number of fused-ring (bicyclic) bond motifs is 1. The lowest BCUT2D eigenvalue weighted by Gasteiger charge is -2.11. The molecule has 112 valence electrons. The van der Waals surface area contributed by atoms with Crippen LogP contribution in [0.15, 0.2) is 42.5 Å². The van der Waals surface area contributed by atoms with Crippen molar-refractivity contribution in [2.24, 2.45) is 5.92 Å². The summed E-state index contributed by atoms with van der Waals surface area (Å²) in [6.07, 6.45) is 0.609. The monoisotopic (exact) mass is 295 g/mol. The summed E-state index contributed by atoms with van der Waals surface area (Å²) in [5, 5.41) is 19.4. The minimum atomic E-state index is -1.04. The molecule has 0 unspecified atom stereocenters. The number of carboxylic acid groups (broad SMARTS) is 1. The Bertz CT molecular complexity index is 832. The van der Waals surface area contributed by atoms with Crippen molar-refractivity contribution in [2.45, 2.75) is 20.3 Å². The highest BCUT2D eigenvalue weighted by atomic mass is 16.4. The van der Waals surface area contributed by atoms with Gasteiger partial charge in [0.25, 0.3) is 0 Å². The maximum absolute atomic E-state index is 11.4. The van der Waals surface area contributed by atoms with Gasteiger partial charge in [-0.15, -0.1) is 5.10 Å².